The lowest BCUT2D eigenvalue weighted by molar-refractivity contribution is -0.274. The van der Waals surface area contributed by atoms with Gasteiger partial charge in [-0.05, 0) is 53.4 Å². The van der Waals surface area contributed by atoms with Gasteiger partial charge in [0.05, 0.1) is 4.47 Å². The molecule has 0 aliphatic carbocycles. The molecular weight excluding hydrogens is 353 g/mol. The van der Waals surface area contributed by atoms with E-state index in [1.54, 1.807) is 0 Å². The van der Waals surface area contributed by atoms with Crippen LogP contribution in [-0.2, 0) is 4.79 Å². The maximum Gasteiger partial charge on any atom is 0.573 e. The van der Waals surface area contributed by atoms with Gasteiger partial charge in [-0.1, -0.05) is 0 Å². The zero-order valence-electron chi connectivity index (χ0n) is 11.0. The molecule has 1 heterocycles. The highest BCUT2D eigenvalue weighted by Gasteiger charge is 2.32. The van der Waals surface area contributed by atoms with E-state index < -0.39 is 6.36 Å². The van der Waals surface area contributed by atoms with Crippen molar-refractivity contribution in [1.82, 2.24) is 5.32 Å². The summed E-state index contributed by atoms with van der Waals surface area (Å²) >= 11 is 3.03. The molecule has 1 unspecified atom stereocenters. The molecule has 2 rings (SSSR count). The number of hydrogen-bond donors (Lipinski definition) is 2. The van der Waals surface area contributed by atoms with Gasteiger partial charge in [0, 0.05) is 12.2 Å². The Balaban J connectivity index is 2.07. The first kappa shape index (κ1) is 15.9. The quantitative estimate of drug-likeness (QED) is 0.861. The van der Waals surface area contributed by atoms with E-state index in [2.05, 4.69) is 31.3 Å². The predicted octanol–water partition coefficient (Wildman–Crippen LogP) is 3.43. The number of alkyl halides is 3. The van der Waals surface area contributed by atoms with Crippen molar-refractivity contribution in [2.45, 2.75) is 31.7 Å². The summed E-state index contributed by atoms with van der Waals surface area (Å²) in [4.78, 5) is 11.8. The monoisotopic (exact) mass is 366 g/mol. The number of rotatable bonds is 3. The maximum atomic E-state index is 12.2. The molecule has 0 saturated carbocycles. The molecular formula is C13H14BrF3N2O2. The summed E-state index contributed by atoms with van der Waals surface area (Å²) in [6.07, 6.45) is -2.22. The molecule has 21 heavy (non-hydrogen) atoms. The van der Waals surface area contributed by atoms with Crippen LogP contribution in [0.15, 0.2) is 22.7 Å². The number of carbonyl (C=O) groups excluding carboxylic acids is 1. The Morgan fingerprint density at radius 1 is 1.33 bits per heavy atom. The van der Waals surface area contributed by atoms with Crippen LogP contribution < -0.4 is 15.4 Å². The third-order valence-electron chi connectivity index (χ3n) is 3.03. The molecule has 0 bridgehead atoms. The lowest BCUT2D eigenvalue weighted by atomic mass is 10.1. The summed E-state index contributed by atoms with van der Waals surface area (Å²) < 4.78 is 40.6. The van der Waals surface area contributed by atoms with Gasteiger partial charge in [0.2, 0.25) is 5.91 Å². The molecule has 8 heteroatoms. The van der Waals surface area contributed by atoms with Crippen molar-refractivity contribution < 1.29 is 22.7 Å². The van der Waals surface area contributed by atoms with Gasteiger partial charge in [0.1, 0.15) is 11.8 Å². The van der Waals surface area contributed by atoms with E-state index in [1.165, 1.54) is 18.2 Å². The maximum absolute atomic E-state index is 12.2. The number of amides is 1. The SMILES string of the molecule is O=C1NCCCCC1Nc1ccc(OC(F)(F)F)c(Br)c1. The topological polar surface area (TPSA) is 50.4 Å². The molecule has 1 fully saturated rings. The molecule has 1 aliphatic rings. The standard InChI is InChI=1S/C13H14BrF3N2O2/c14-9-7-8(4-5-11(9)21-13(15,16)17)19-10-3-1-2-6-18-12(10)20/h4-5,7,10,19H,1-3,6H2,(H,18,20). The molecule has 116 valence electrons. The summed E-state index contributed by atoms with van der Waals surface area (Å²) in [5.74, 6) is -0.419. The van der Waals surface area contributed by atoms with Crippen LogP contribution in [0.1, 0.15) is 19.3 Å². The summed E-state index contributed by atoms with van der Waals surface area (Å²) in [7, 11) is 0. The molecule has 1 atom stereocenters. The Morgan fingerprint density at radius 2 is 2.10 bits per heavy atom. The lowest BCUT2D eigenvalue weighted by Crippen LogP contribution is -2.37. The number of benzene rings is 1. The van der Waals surface area contributed by atoms with Crippen LogP contribution in [-0.4, -0.2) is 24.9 Å². The number of hydrogen-bond acceptors (Lipinski definition) is 3. The van der Waals surface area contributed by atoms with E-state index in [0.29, 0.717) is 18.7 Å². The van der Waals surface area contributed by atoms with E-state index in [4.69, 9.17) is 0 Å². The van der Waals surface area contributed by atoms with E-state index in [1.807, 2.05) is 0 Å². The second-order valence-electron chi connectivity index (χ2n) is 4.68. The number of anilines is 1. The van der Waals surface area contributed by atoms with Crippen molar-refractivity contribution in [3.05, 3.63) is 22.7 Å². The Bertz CT molecular complexity index is 523. The van der Waals surface area contributed by atoms with Gasteiger partial charge in [0.15, 0.2) is 0 Å². The first-order valence-electron chi connectivity index (χ1n) is 6.45. The lowest BCUT2D eigenvalue weighted by Gasteiger charge is -2.17. The number of nitrogens with one attached hydrogen (secondary N) is 2. The summed E-state index contributed by atoms with van der Waals surface area (Å²) in [6.45, 7) is 0.652. The third kappa shape index (κ3) is 4.80. The first-order valence-corrected chi connectivity index (χ1v) is 7.24. The summed E-state index contributed by atoms with van der Waals surface area (Å²) in [5, 5.41) is 5.81. The summed E-state index contributed by atoms with van der Waals surface area (Å²) in [5.41, 5.74) is 0.554. The fourth-order valence-corrected chi connectivity index (χ4v) is 2.54. The Hall–Kier alpha value is -1.44. The van der Waals surface area contributed by atoms with Crippen molar-refractivity contribution in [2.75, 3.05) is 11.9 Å². The normalized spacial score (nSPS) is 19.6. The van der Waals surface area contributed by atoms with Crippen LogP contribution in [0.5, 0.6) is 5.75 Å². The van der Waals surface area contributed by atoms with Crippen molar-refractivity contribution in [3.8, 4) is 5.75 Å². The number of carbonyl (C=O) groups is 1. The molecule has 1 aromatic carbocycles. The molecule has 2 N–H and O–H groups in total. The van der Waals surface area contributed by atoms with Gasteiger partial charge in [-0.3, -0.25) is 4.79 Å². The molecule has 0 radical (unpaired) electrons. The van der Waals surface area contributed by atoms with E-state index >= 15 is 0 Å². The largest absolute Gasteiger partial charge is 0.573 e. The minimum atomic E-state index is -4.74. The predicted molar refractivity (Wildman–Crippen MR) is 75.1 cm³/mol. The van der Waals surface area contributed by atoms with Crippen LogP contribution in [0.4, 0.5) is 18.9 Å². The van der Waals surface area contributed by atoms with Crippen LogP contribution in [0.3, 0.4) is 0 Å². The van der Waals surface area contributed by atoms with Crippen molar-refractivity contribution in [3.63, 3.8) is 0 Å². The van der Waals surface area contributed by atoms with Crippen LogP contribution >= 0.6 is 15.9 Å². The van der Waals surface area contributed by atoms with E-state index in [-0.39, 0.29) is 22.2 Å². The van der Waals surface area contributed by atoms with E-state index in [9.17, 15) is 18.0 Å². The Labute approximate surface area is 128 Å². The first-order chi connectivity index (χ1) is 9.85. The number of ether oxygens (including phenoxy) is 1. The molecule has 4 nitrogen and oxygen atoms in total. The molecule has 0 aromatic heterocycles. The minimum absolute atomic E-state index is 0.0979. The van der Waals surface area contributed by atoms with Gasteiger partial charge >= 0.3 is 6.36 Å². The van der Waals surface area contributed by atoms with Gasteiger partial charge in [-0.15, -0.1) is 13.2 Å². The van der Waals surface area contributed by atoms with Crippen molar-refractivity contribution >= 4 is 27.5 Å². The van der Waals surface area contributed by atoms with Gasteiger partial charge in [0.25, 0.3) is 0 Å². The van der Waals surface area contributed by atoms with Crippen molar-refractivity contribution in [2.24, 2.45) is 0 Å². The molecule has 0 spiro atoms. The molecule has 1 amide bonds. The second kappa shape index (κ2) is 6.55. The average Bonchev–Trinajstić information content (AvgIpc) is 2.57. The number of halogens is 4. The second-order valence-corrected chi connectivity index (χ2v) is 5.53. The van der Waals surface area contributed by atoms with E-state index in [0.717, 1.165) is 12.8 Å². The average molecular weight is 367 g/mol. The van der Waals surface area contributed by atoms with Crippen LogP contribution in [0.25, 0.3) is 0 Å². The van der Waals surface area contributed by atoms with Crippen molar-refractivity contribution in [1.29, 1.82) is 0 Å². The third-order valence-corrected chi connectivity index (χ3v) is 3.65. The highest BCUT2D eigenvalue weighted by Crippen LogP contribution is 2.32. The highest BCUT2D eigenvalue weighted by molar-refractivity contribution is 9.10. The van der Waals surface area contributed by atoms with Gasteiger partial charge < -0.3 is 15.4 Å². The zero-order chi connectivity index (χ0) is 15.5. The highest BCUT2D eigenvalue weighted by atomic mass is 79.9. The fourth-order valence-electron chi connectivity index (χ4n) is 2.08. The summed E-state index contributed by atoms with van der Waals surface area (Å²) in [6, 6.07) is 3.73. The zero-order valence-corrected chi connectivity index (χ0v) is 12.6. The smallest absolute Gasteiger partial charge is 0.405 e. The minimum Gasteiger partial charge on any atom is -0.405 e. The molecule has 1 aliphatic heterocycles. The molecule has 1 aromatic rings. The van der Waals surface area contributed by atoms with Gasteiger partial charge in [-0.25, -0.2) is 0 Å². The fraction of sp³-hybridized carbons (Fsp3) is 0.462. The van der Waals surface area contributed by atoms with Crippen LogP contribution in [0, 0.1) is 0 Å². The van der Waals surface area contributed by atoms with Gasteiger partial charge in [-0.2, -0.15) is 0 Å². The van der Waals surface area contributed by atoms with Crippen LogP contribution in [0.2, 0.25) is 0 Å². The Morgan fingerprint density at radius 3 is 2.76 bits per heavy atom. The molecule has 1 saturated heterocycles. The Kier molecular flexibility index (Phi) is 4.97.